The van der Waals surface area contributed by atoms with E-state index >= 15 is 0 Å². The van der Waals surface area contributed by atoms with Gasteiger partial charge in [-0.05, 0) is 42.5 Å². The van der Waals surface area contributed by atoms with Gasteiger partial charge in [-0.2, -0.15) is 0 Å². The Bertz CT molecular complexity index is 554. The second-order valence-electron chi connectivity index (χ2n) is 4.16. The smallest absolute Gasteiger partial charge is 0.171 e. The molecule has 0 bridgehead atoms. The quantitative estimate of drug-likeness (QED) is 0.882. The molecule has 86 valence electrons. The molecule has 0 amide bonds. The third-order valence-corrected chi connectivity index (χ3v) is 3.29. The van der Waals surface area contributed by atoms with Crippen molar-refractivity contribution in [3.05, 3.63) is 46.9 Å². The van der Waals surface area contributed by atoms with E-state index < -0.39 is 0 Å². The minimum atomic E-state index is 0.396. The summed E-state index contributed by atoms with van der Waals surface area (Å²) in [7, 11) is 0. The van der Waals surface area contributed by atoms with E-state index in [0.717, 1.165) is 5.69 Å². The second kappa shape index (κ2) is 4.34. The van der Waals surface area contributed by atoms with Gasteiger partial charge in [-0.3, -0.25) is 0 Å². The maximum absolute atomic E-state index is 5.96. The Balaban J connectivity index is 1.89. The van der Waals surface area contributed by atoms with Crippen molar-refractivity contribution in [1.29, 1.82) is 0 Å². The lowest BCUT2D eigenvalue weighted by molar-refractivity contribution is 0.912. The first-order chi connectivity index (χ1) is 8.33. The van der Waals surface area contributed by atoms with Crippen molar-refractivity contribution >= 4 is 23.1 Å². The van der Waals surface area contributed by atoms with Crippen molar-refractivity contribution in [2.45, 2.75) is 19.3 Å². The molecule has 4 heteroatoms. The minimum absolute atomic E-state index is 0.396. The second-order valence-corrected chi connectivity index (χ2v) is 4.52. The summed E-state index contributed by atoms with van der Waals surface area (Å²) in [5.74, 6) is 0.604. The number of fused-ring (bicyclic) bond motifs is 1. The zero-order valence-corrected chi connectivity index (χ0v) is 10.0. The van der Waals surface area contributed by atoms with E-state index in [9.17, 15) is 0 Å². The van der Waals surface area contributed by atoms with Crippen LogP contribution in [0, 0.1) is 0 Å². The molecular weight excluding hydrogens is 234 g/mol. The Kier molecular flexibility index (Phi) is 2.69. The number of aromatic nitrogens is 2. The number of nitrogens with one attached hydrogen (secondary N) is 1. The normalized spacial score (nSPS) is 13.5. The highest BCUT2D eigenvalue weighted by Crippen LogP contribution is 2.27. The highest BCUT2D eigenvalue weighted by atomic mass is 35.5. The molecule has 0 fully saturated rings. The molecule has 3 nitrogen and oxygen atoms in total. The average Bonchev–Trinajstić information content (AvgIpc) is 2.79. The molecule has 1 N–H and O–H groups in total. The lowest BCUT2D eigenvalue weighted by Gasteiger charge is -2.08. The molecule has 0 aliphatic heterocycles. The monoisotopic (exact) mass is 245 g/mol. The molecule has 1 aliphatic rings. The number of hydrogen-bond donors (Lipinski definition) is 1. The van der Waals surface area contributed by atoms with Crippen LogP contribution in [0.5, 0.6) is 0 Å². The highest BCUT2D eigenvalue weighted by Gasteiger charge is 2.11. The van der Waals surface area contributed by atoms with Crippen molar-refractivity contribution in [2.75, 3.05) is 5.32 Å². The summed E-state index contributed by atoms with van der Waals surface area (Å²) in [4.78, 5) is 8.15. The van der Waals surface area contributed by atoms with E-state index in [1.54, 1.807) is 12.4 Å². The van der Waals surface area contributed by atoms with Crippen LogP contribution < -0.4 is 5.32 Å². The topological polar surface area (TPSA) is 37.8 Å². The summed E-state index contributed by atoms with van der Waals surface area (Å²) in [6.45, 7) is 0. The Morgan fingerprint density at radius 3 is 2.76 bits per heavy atom. The third-order valence-electron chi connectivity index (χ3n) is 3.01. The van der Waals surface area contributed by atoms with E-state index in [1.165, 1.54) is 30.4 Å². The van der Waals surface area contributed by atoms with Crippen LogP contribution in [0.15, 0.2) is 30.6 Å². The van der Waals surface area contributed by atoms with E-state index in [4.69, 9.17) is 11.6 Å². The molecule has 0 saturated carbocycles. The van der Waals surface area contributed by atoms with Crippen LogP contribution in [0.1, 0.15) is 17.5 Å². The standard InChI is InChI=1S/C13H12ClN3/c14-12-13(16-7-6-15-12)17-11-5-4-9-2-1-3-10(9)8-11/h4-8H,1-3H2,(H,16,17). The Hall–Kier alpha value is -1.61. The fourth-order valence-electron chi connectivity index (χ4n) is 2.19. The molecule has 3 rings (SSSR count). The predicted octanol–water partition coefficient (Wildman–Crippen LogP) is 3.36. The first-order valence-corrected chi connectivity index (χ1v) is 6.06. The van der Waals surface area contributed by atoms with Gasteiger partial charge in [0.25, 0.3) is 0 Å². The van der Waals surface area contributed by atoms with Gasteiger partial charge in [-0.1, -0.05) is 17.7 Å². The van der Waals surface area contributed by atoms with Crippen LogP contribution in [-0.4, -0.2) is 9.97 Å². The number of anilines is 2. The van der Waals surface area contributed by atoms with Crippen LogP contribution in [0.4, 0.5) is 11.5 Å². The number of aryl methyl sites for hydroxylation is 2. The predicted molar refractivity (Wildman–Crippen MR) is 68.8 cm³/mol. The van der Waals surface area contributed by atoms with Crippen LogP contribution in [0.2, 0.25) is 5.15 Å². The molecule has 0 spiro atoms. The van der Waals surface area contributed by atoms with E-state index in [0.29, 0.717) is 11.0 Å². The van der Waals surface area contributed by atoms with Gasteiger partial charge in [-0.15, -0.1) is 0 Å². The van der Waals surface area contributed by atoms with Gasteiger partial charge >= 0.3 is 0 Å². The van der Waals surface area contributed by atoms with Crippen molar-refractivity contribution in [3.63, 3.8) is 0 Å². The zero-order chi connectivity index (χ0) is 11.7. The molecule has 0 unspecified atom stereocenters. The number of halogens is 1. The van der Waals surface area contributed by atoms with E-state index in [1.807, 2.05) is 0 Å². The van der Waals surface area contributed by atoms with E-state index in [-0.39, 0.29) is 0 Å². The molecule has 17 heavy (non-hydrogen) atoms. The highest BCUT2D eigenvalue weighted by molar-refractivity contribution is 6.31. The molecule has 1 aromatic heterocycles. The summed E-state index contributed by atoms with van der Waals surface area (Å²) in [5, 5.41) is 3.59. The Morgan fingerprint density at radius 2 is 1.88 bits per heavy atom. The maximum atomic E-state index is 5.96. The van der Waals surface area contributed by atoms with Gasteiger partial charge < -0.3 is 5.32 Å². The molecule has 1 heterocycles. The molecule has 1 aromatic carbocycles. The summed E-state index contributed by atoms with van der Waals surface area (Å²) in [5.41, 5.74) is 3.91. The number of benzene rings is 1. The number of nitrogens with zero attached hydrogens (tertiary/aromatic N) is 2. The van der Waals surface area contributed by atoms with Gasteiger partial charge in [-0.25, -0.2) is 9.97 Å². The third kappa shape index (κ3) is 2.11. The molecule has 0 saturated heterocycles. The molecule has 0 radical (unpaired) electrons. The van der Waals surface area contributed by atoms with E-state index in [2.05, 4.69) is 33.5 Å². The van der Waals surface area contributed by atoms with Gasteiger partial charge in [0.2, 0.25) is 0 Å². The van der Waals surface area contributed by atoms with Crippen LogP contribution >= 0.6 is 11.6 Å². The van der Waals surface area contributed by atoms with Crippen LogP contribution in [-0.2, 0) is 12.8 Å². The maximum Gasteiger partial charge on any atom is 0.171 e. The Labute approximate surface area is 105 Å². The molecule has 2 aromatic rings. The van der Waals surface area contributed by atoms with Crippen LogP contribution in [0.25, 0.3) is 0 Å². The van der Waals surface area contributed by atoms with Crippen molar-refractivity contribution in [2.24, 2.45) is 0 Å². The first-order valence-electron chi connectivity index (χ1n) is 5.68. The van der Waals surface area contributed by atoms with Gasteiger partial charge in [0.15, 0.2) is 11.0 Å². The zero-order valence-electron chi connectivity index (χ0n) is 9.28. The average molecular weight is 246 g/mol. The van der Waals surface area contributed by atoms with Crippen molar-refractivity contribution < 1.29 is 0 Å². The summed E-state index contributed by atoms with van der Waals surface area (Å²) in [6.07, 6.45) is 6.82. The fraction of sp³-hybridized carbons (Fsp3) is 0.231. The molecule has 1 aliphatic carbocycles. The Morgan fingerprint density at radius 1 is 1.06 bits per heavy atom. The minimum Gasteiger partial charge on any atom is -0.338 e. The first kappa shape index (κ1) is 10.5. The number of hydrogen-bond acceptors (Lipinski definition) is 3. The lowest BCUT2D eigenvalue weighted by Crippen LogP contribution is -1.96. The number of rotatable bonds is 2. The van der Waals surface area contributed by atoms with Crippen molar-refractivity contribution in [3.8, 4) is 0 Å². The van der Waals surface area contributed by atoms with Gasteiger partial charge in [0.1, 0.15) is 0 Å². The summed E-state index contributed by atoms with van der Waals surface area (Å²) < 4.78 is 0. The van der Waals surface area contributed by atoms with Gasteiger partial charge in [0.05, 0.1) is 0 Å². The largest absolute Gasteiger partial charge is 0.338 e. The molecule has 0 atom stereocenters. The fourth-order valence-corrected chi connectivity index (χ4v) is 2.34. The summed E-state index contributed by atoms with van der Waals surface area (Å²) >= 11 is 5.96. The SMILES string of the molecule is Clc1nccnc1Nc1ccc2c(c1)CCC2. The lowest BCUT2D eigenvalue weighted by atomic mass is 10.1. The van der Waals surface area contributed by atoms with Gasteiger partial charge in [0, 0.05) is 18.1 Å². The van der Waals surface area contributed by atoms with Crippen molar-refractivity contribution in [1.82, 2.24) is 9.97 Å². The molecular formula is C13H12ClN3. The summed E-state index contributed by atoms with van der Waals surface area (Å²) in [6, 6.07) is 6.41. The van der Waals surface area contributed by atoms with Crippen LogP contribution in [0.3, 0.4) is 0 Å².